The number of hydrogen-bond donors (Lipinski definition) is 1. The predicted octanol–water partition coefficient (Wildman–Crippen LogP) is 3.42. The zero-order valence-corrected chi connectivity index (χ0v) is 14.3. The summed E-state index contributed by atoms with van der Waals surface area (Å²) in [6.45, 7) is 5.69. The molecule has 1 amide bonds. The Hall–Kier alpha value is -2.82. The standard InChI is InChI=1S/C19H21NO4/c1-12-7-13(2)9-16(8-12)24-11-18(21)20-17-10-15(19(22)23-4)6-5-14(17)3/h5-10H,11H2,1-4H3,(H,20,21). The molecule has 0 fully saturated rings. The maximum Gasteiger partial charge on any atom is 0.337 e. The first kappa shape index (κ1) is 17.5. The van der Waals surface area contributed by atoms with Crippen molar-refractivity contribution in [1.82, 2.24) is 0 Å². The van der Waals surface area contributed by atoms with Gasteiger partial charge in [-0.05, 0) is 61.7 Å². The number of aryl methyl sites for hydroxylation is 3. The molecular formula is C19H21NO4. The highest BCUT2D eigenvalue weighted by Crippen LogP contribution is 2.19. The molecule has 0 saturated carbocycles. The molecule has 2 aromatic carbocycles. The number of hydrogen-bond acceptors (Lipinski definition) is 4. The average molecular weight is 327 g/mol. The van der Waals surface area contributed by atoms with Crippen molar-refractivity contribution < 1.29 is 19.1 Å². The van der Waals surface area contributed by atoms with Crippen molar-refractivity contribution >= 4 is 17.6 Å². The Labute approximate surface area is 141 Å². The van der Waals surface area contributed by atoms with Crippen molar-refractivity contribution in [2.75, 3.05) is 19.0 Å². The maximum atomic E-state index is 12.1. The molecule has 1 N–H and O–H groups in total. The van der Waals surface area contributed by atoms with Crippen LogP contribution in [0.5, 0.6) is 5.75 Å². The molecule has 0 aliphatic carbocycles. The molecule has 0 heterocycles. The summed E-state index contributed by atoms with van der Waals surface area (Å²) in [6.07, 6.45) is 0. The molecular weight excluding hydrogens is 306 g/mol. The van der Waals surface area contributed by atoms with Gasteiger partial charge < -0.3 is 14.8 Å². The molecule has 5 heteroatoms. The lowest BCUT2D eigenvalue weighted by Gasteiger charge is -2.11. The number of carbonyl (C=O) groups is 2. The van der Waals surface area contributed by atoms with Gasteiger partial charge in [-0.1, -0.05) is 12.1 Å². The van der Waals surface area contributed by atoms with E-state index in [-0.39, 0.29) is 12.5 Å². The highest BCUT2D eigenvalue weighted by molar-refractivity contribution is 5.95. The smallest absolute Gasteiger partial charge is 0.337 e. The first-order valence-corrected chi connectivity index (χ1v) is 7.59. The highest BCUT2D eigenvalue weighted by Gasteiger charge is 2.11. The molecule has 0 aliphatic heterocycles. The van der Waals surface area contributed by atoms with E-state index in [0.717, 1.165) is 16.7 Å². The normalized spacial score (nSPS) is 10.2. The number of esters is 1. The second-order valence-corrected chi connectivity index (χ2v) is 5.68. The van der Waals surface area contributed by atoms with Crippen LogP contribution in [0.15, 0.2) is 36.4 Å². The van der Waals surface area contributed by atoms with Crippen LogP contribution < -0.4 is 10.1 Å². The average Bonchev–Trinajstić information content (AvgIpc) is 2.53. The van der Waals surface area contributed by atoms with Gasteiger partial charge in [0.05, 0.1) is 12.7 Å². The number of ether oxygens (including phenoxy) is 2. The Morgan fingerprint density at radius 3 is 2.29 bits per heavy atom. The molecule has 0 saturated heterocycles. The summed E-state index contributed by atoms with van der Waals surface area (Å²) in [7, 11) is 1.32. The van der Waals surface area contributed by atoms with Crippen LogP contribution in [-0.4, -0.2) is 25.6 Å². The summed E-state index contributed by atoms with van der Waals surface area (Å²) >= 11 is 0. The number of methoxy groups -OCH3 is 1. The lowest BCUT2D eigenvalue weighted by atomic mass is 10.1. The van der Waals surface area contributed by atoms with Crippen molar-refractivity contribution in [2.24, 2.45) is 0 Å². The van der Waals surface area contributed by atoms with Crippen LogP contribution in [0.4, 0.5) is 5.69 Å². The third-order valence-corrected chi connectivity index (χ3v) is 3.50. The largest absolute Gasteiger partial charge is 0.484 e. The number of anilines is 1. The van der Waals surface area contributed by atoms with E-state index in [2.05, 4.69) is 10.1 Å². The summed E-state index contributed by atoms with van der Waals surface area (Å²) in [5.74, 6) is -0.0843. The van der Waals surface area contributed by atoms with E-state index >= 15 is 0 Å². The third-order valence-electron chi connectivity index (χ3n) is 3.50. The summed E-state index contributed by atoms with van der Waals surface area (Å²) in [5.41, 5.74) is 3.95. The summed E-state index contributed by atoms with van der Waals surface area (Å²) in [6, 6.07) is 10.8. The zero-order valence-electron chi connectivity index (χ0n) is 14.3. The minimum absolute atomic E-state index is 0.106. The van der Waals surface area contributed by atoms with E-state index in [1.807, 2.05) is 39.0 Å². The molecule has 0 bridgehead atoms. The summed E-state index contributed by atoms with van der Waals surface area (Å²) < 4.78 is 10.2. The van der Waals surface area contributed by atoms with Crippen molar-refractivity contribution in [1.29, 1.82) is 0 Å². The Morgan fingerprint density at radius 1 is 1.00 bits per heavy atom. The molecule has 0 aliphatic rings. The van der Waals surface area contributed by atoms with Crippen LogP contribution in [0.1, 0.15) is 27.0 Å². The van der Waals surface area contributed by atoms with Gasteiger partial charge in [0.2, 0.25) is 0 Å². The fourth-order valence-electron chi connectivity index (χ4n) is 2.35. The number of amides is 1. The Kier molecular flexibility index (Phi) is 5.58. The van der Waals surface area contributed by atoms with E-state index < -0.39 is 5.97 Å². The molecule has 0 aromatic heterocycles. The van der Waals surface area contributed by atoms with Crippen molar-refractivity contribution in [3.05, 3.63) is 58.7 Å². The van der Waals surface area contributed by atoms with E-state index in [1.54, 1.807) is 18.2 Å². The molecule has 0 radical (unpaired) electrons. The second kappa shape index (κ2) is 7.64. The fraction of sp³-hybridized carbons (Fsp3) is 0.263. The van der Waals surface area contributed by atoms with Gasteiger partial charge in [-0.2, -0.15) is 0 Å². The lowest BCUT2D eigenvalue weighted by Crippen LogP contribution is -2.21. The Balaban J connectivity index is 2.03. The zero-order chi connectivity index (χ0) is 17.7. The van der Waals surface area contributed by atoms with E-state index in [1.165, 1.54) is 7.11 Å². The SMILES string of the molecule is COC(=O)c1ccc(C)c(NC(=O)COc2cc(C)cc(C)c2)c1. The first-order valence-electron chi connectivity index (χ1n) is 7.59. The van der Waals surface area contributed by atoms with Gasteiger partial charge in [-0.25, -0.2) is 4.79 Å². The summed E-state index contributed by atoms with van der Waals surface area (Å²) in [5, 5.41) is 2.76. The Morgan fingerprint density at radius 2 is 1.67 bits per heavy atom. The van der Waals surface area contributed by atoms with Crippen LogP contribution in [0.2, 0.25) is 0 Å². The molecule has 24 heavy (non-hydrogen) atoms. The van der Waals surface area contributed by atoms with Crippen LogP contribution in [-0.2, 0) is 9.53 Å². The quantitative estimate of drug-likeness (QED) is 0.855. The topological polar surface area (TPSA) is 64.6 Å². The van der Waals surface area contributed by atoms with Gasteiger partial charge in [0.25, 0.3) is 5.91 Å². The van der Waals surface area contributed by atoms with Gasteiger partial charge >= 0.3 is 5.97 Å². The molecule has 2 aromatic rings. The van der Waals surface area contributed by atoms with E-state index in [4.69, 9.17) is 4.74 Å². The highest BCUT2D eigenvalue weighted by atomic mass is 16.5. The molecule has 5 nitrogen and oxygen atoms in total. The lowest BCUT2D eigenvalue weighted by molar-refractivity contribution is -0.118. The molecule has 2 rings (SSSR count). The molecule has 0 spiro atoms. The van der Waals surface area contributed by atoms with Crippen molar-refractivity contribution in [3.63, 3.8) is 0 Å². The van der Waals surface area contributed by atoms with Gasteiger partial charge in [-0.15, -0.1) is 0 Å². The minimum Gasteiger partial charge on any atom is -0.484 e. The monoisotopic (exact) mass is 327 g/mol. The third kappa shape index (κ3) is 4.59. The van der Waals surface area contributed by atoms with Gasteiger partial charge in [0.15, 0.2) is 6.61 Å². The molecule has 0 unspecified atom stereocenters. The minimum atomic E-state index is -0.447. The number of rotatable bonds is 5. The molecule has 0 atom stereocenters. The van der Waals surface area contributed by atoms with Gasteiger partial charge in [0, 0.05) is 5.69 Å². The predicted molar refractivity (Wildman–Crippen MR) is 92.6 cm³/mol. The number of benzene rings is 2. The fourth-order valence-corrected chi connectivity index (χ4v) is 2.35. The molecule has 126 valence electrons. The number of carbonyl (C=O) groups excluding carboxylic acids is 2. The van der Waals surface area contributed by atoms with Crippen LogP contribution >= 0.6 is 0 Å². The van der Waals surface area contributed by atoms with Gasteiger partial charge in [0.1, 0.15) is 5.75 Å². The van der Waals surface area contributed by atoms with Crippen molar-refractivity contribution in [2.45, 2.75) is 20.8 Å². The van der Waals surface area contributed by atoms with Gasteiger partial charge in [-0.3, -0.25) is 4.79 Å². The van der Waals surface area contributed by atoms with E-state index in [9.17, 15) is 9.59 Å². The van der Waals surface area contributed by atoms with Crippen LogP contribution in [0.25, 0.3) is 0 Å². The van der Waals surface area contributed by atoms with Crippen LogP contribution in [0.3, 0.4) is 0 Å². The Bertz CT molecular complexity index is 748. The summed E-state index contributed by atoms with van der Waals surface area (Å²) in [4.78, 5) is 23.7. The number of nitrogens with one attached hydrogen (secondary N) is 1. The van der Waals surface area contributed by atoms with Crippen LogP contribution in [0, 0.1) is 20.8 Å². The van der Waals surface area contributed by atoms with E-state index in [0.29, 0.717) is 17.0 Å². The van der Waals surface area contributed by atoms with Crippen molar-refractivity contribution in [3.8, 4) is 5.75 Å². The first-order chi connectivity index (χ1) is 11.4. The maximum absolute atomic E-state index is 12.1. The second-order valence-electron chi connectivity index (χ2n) is 5.68.